The van der Waals surface area contributed by atoms with Gasteiger partial charge < -0.3 is 14.9 Å². The number of para-hydroxylation sites is 1. The molecule has 134 valence electrons. The Labute approximate surface area is 148 Å². The number of carboxylic acid groups (broad SMARTS) is 1. The topological polar surface area (TPSA) is 70.0 Å². The van der Waals surface area contributed by atoms with Crippen molar-refractivity contribution in [3.8, 4) is 5.75 Å². The smallest absolute Gasteiger partial charge is 0.335 e. The molecule has 0 aliphatic heterocycles. The largest absolute Gasteiger partial charge is 0.491 e. The van der Waals surface area contributed by atoms with E-state index in [2.05, 4.69) is 18.7 Å². The van der Waals surface area contributed by atoms with Gasteiger partial charge in [-0.15, -0.1) is 0 Å². The van der Waals surface area contributed by atoms with Crippen LogP contribution in [-0.2, 0) is 6.54 Å². The summed E-state index contributed by atoms with van der Waals surface area (Å²) in [4.78, 5) is 13.1. The van der Waals surface area contributed by atoms with Crippen LogP contribution in [0.25, 0.3) is 0 Å². The molecule has 0 aliphatic rings. The van der Waals surface area contributed by atoms with Crippen LogP contribution in [0.1, 0.15) is 29.8 Å². The number of carbonyl (C=O) groups is 1. The van der Waals surface area contributed by atoms with Crippen LogP contribution in [0.4, 0.5) is 0 Å². The van der Waals surface area contributed by atoms with Crippen molar-refractivity contribution in [2.24, 2.45) is 0 Å². The molecule has 0 saturated carbocycles. The third-order valence-electron chi connectivity index (χ3n) is 3.95. The number of ether oxygens (including phenoxy) is 1. The number of aliphatic hydroxyl groups is 1. The van der Waals surface area contributed by atoms with E-state index in [9.17, 15) is 9.90 Å². The third-order valence-corrected chi connectivity index (χ3v) is 3.95. The second kappa shape index (κ2) is 9.20. The Kier molecular flexibility index (Phi) is 6.98. The van der Waals surface area contributed by atoms with Crippen molar-refractivity contribution in [2.45, 2.75) is 32.5 Å². The number of benzene rings is 2. The van der Waals surface area contributed by atoms with Crippen LogP contribution < -0.4 is 4.74 Å². The summed E-state index contributed by atoms with van der Waals surface area (Å²) in [6.07, 6.45) is -0.610. The lowest BCUT2D eigenvalue weighted by atomic mass is 10.1. The fourth-order valence-corrected chi connectivity index (χ4v) is 2.48. The van der Waals surface area contributed by atoms with Crippen LogP contribution in [0.3, 0.4) is 0 Å². The second-order valence-electron chi connectivity index (χ2n) is 6.30. The van der Waals surface area contributed by atoms with E-state index in [0.29, 0.717) is 13.1 Å². The molecule has 25 heavy (non-hydrogen) atoms. The Morgan fingerprint density at radius 2 is 1.72 bits per heavy atom. The Bertz CT molecular complexity index is 655. The zero-order chi connectivity index (χ0) is 18.2. The molecule has 0 saturated heterocycles. The number of aliphatic hydroxyl groups excluding tert-OH is 1. The zero-order valence-electron chi connectivity index (χ0n) is 14.6. The fraction of sp³-hybridized carbons (Fsp3) is 0.350. The van der Waals surface area contributed by atoms with Crippen molar-refractivity contribution in [3.05, 3.63) is 65.7 Å². The highest BCUT2D eigenvalue weighted by Gasteiger charge is 2.16. The average Bonchev–Trinajstić information content (AvgIpc) is 2.60. The van der Waals surface area contributed by atoms with E-state index in [1.165, 1.54) is 0 Å². The molecule has 2 rings (SSSR count). The summed E-state index contributed by atoms with van der Waals surface area (Å²) in [6, 6.07) is 16.5. The van der Waals surface area contributed by atoms with Crippen molar-refractivity contribution >= 4 is 5.97 Å². The molecule has 2 aromatic carbocycles. The molecule has 2 N–H and O–H groups in total. The van der Waals surface area contributed by atoms with E-state index in [4.69, 9.17) is 9.84 Å². The number of carboxylic acids is 1. The predicted molar refractivity (Wildman–Crippen MR) is 96.9 cm³/mol. The Balaban J connectivity index is 1.90. The van der Waals surface area contributed by atoms with Crippen LogP contribution >= 0.6 is 0 Å². The van der Waals surface area contributed by atoms with Gasteiger partial charge in [-0.2, -0.15) is 0 Å². The van der Waals surface area contributed by atoms with Gasteiger partial charge >= 0.3 is 5.97 Å². The first kappa shape index (κ1) is 19.0. The molecule has 0 fully saturated rings. The Hall–Kier alpha value is -2.37. The molecule has 5 nitrogen and oxygen atoms in total. The van der Waals surface area contributed by atoms with Crippen LogP contribution in [-0.4, -0.2) is 46.4 Å². The summed E-state index contributed by atoms with van der Waals surface area (Å²) in [6.45, 7) is 5.48. The summed E-state index contributed by atoms with van der Waals surface area (Å²) in [5.74, 6) is -0.192. The van der Waals surface area contributed by atoms with E-state index >= 15 is 0 Å². The van der Waals surface area contributed by atoms with Gasteiger partial charge in [0.1, 0.15) is 18.5 Å². The van der Waals surface area contributed by atoms with Crippen molar-refractivity contribution in [2.75, 3.05) is 13.2 Å². The summed E-state index contributed by atoms with van der Waals surface area (Å²) in [5.41, 5.74) is 1.28. The van der Waals surface area contributed by atoms with Gasteiger partial charge in [-0.25, -0.2) is 4.79 Å². The van der Waals surface area contributed by atoms with Gasteiger partial charge in [0, 0.05) is 19.1 Å². The molecule has 0 bridgehead atoms. The average molecular weight is 343 g/mol. The SMILES string of the molecule is CC(C)N(Cc1ccc(C(=O)O)cc1)CC(O)COc1ccccc1. The quantitative estimate of drug-likeness (QED) is 0.732. The van der Waals surface area contributed by atoms with E-state index in [-0.39, 0.29) is 18.2 Å². The molecule has 5 heteroatoms. The van der Waals surface area contributed by atoms with Gasteiger partial charge in [0.05, 0.1) is 5.56 Å². The molecule has 0 radical (unpaired) electrons. The number of hydrogen-bond acceptors (Lipinski definition) is 4. The normalized spacial score (nSPS) is 12.4. The summed E-state index contributed by atoms with van der Waals surface area (Å²) in [7, 11) is 0. The highest BCUT2D eigenvalue weighted by atomic mass is 16.5. The van der Waals surface area contributed by atoms with Gasteiger partial charge in [-0.05, 0) is 43.7 Å². The zero-order valence-corrected chi connectivity index (χ0v) is 14.6. The highest BCUT2D eigenvalue weighted by molar-refractivity contribution is 5.87. The van der Waals surface area contributed by atoms with Gasteiger partial charge in [-0.3, -0.25) is 4.90 Å². The molecule has 0 amide bonds. The molecule has 0 aliphatic carbocycles. The van der Waals surface area contributed by atoms with E-state index in [0.717, 1.165) is 11.3 Å². The van der Waals surface area contributed by atoms with Gasteiger partial charge in [0.15, 0.2) is 0 Å². The van der Waals surface area contributed by atoms with E-state index in [1.807, 2.05) is 42.5 Å². The minimum atomic E-state index is -0.930. The first-order valence-electron chi connectivity index (χ1n) is 8.38. The van der Waals surface area contributed by atoms with Crippen molar-refractivity contribution in [3.63, 3.8) is 0 Å². The molecule has 2 aromatic rings. The Morgan fingerprint density at radius 3 is 2.28 bits per heavy atom. The third kappa shape index (κ3) is 6.21. The van der Waals surface area contributed by atoms with Crippen molar-refractivity contribution < 1.29 is 19.7 Å². The summed E-state index contributed by atoms with van der Waals surface area (Å²) >= 11 is 0. The highest BCUT2D eigenvalue weighted by Crippen LogP contribution is 2.12. The van der Waals surface area contributed by atoms with Crippen molar-refractivity contribution in [1.82, 2.24) is 4.90 Å². The standard InChI is InChI=1S/C20H25NO4/c1-15(2)21(12-16-8-10-17(11-9-16)20(23)24)13-18(22)14-25-19-6-4-3-5-7-19/h3-11,15,18,22H,12-14H2,1-2H3,(H,23,24). The minimum Gasteiger partial charge on any atom is -0.491 e. The number of hydrogen-bond donors (Lipinski definition) is 2. The van der Waals surface area contributed by atoms with E-state index in [1.54, 1.807) is 12.1 Å². The molecule has 1 unspecified atom stereocenters. The fourth-order valence-electron chi connectivity index (χ4n) is 2.48. The second-order valence-corrected chi connectivity index (χ2v) is 6.30. The van der Waals surface area contributed by atoms with Gasteiger partial charge in [0.25, 0.3) is 0 Å². The monoisotopic (exact) mass is 343 g/mol. The van der Waals surface area contributed by atoms with Crippen LogP contribution in [0.5, 0.6) is 5.75 Å². The molecule has 0 aromatic heterocycles. The maximum absolute atomic E-state index is 10.9. The maximum atomic E-state index is 10.9. The molecule has 0 spiro atoms. The summed E-state index contributed by atoms with van der Waals surface area (Å²) in [5, 5.41) is 19.2. The van der Waals surface area contributed by atoms with Gasteiger partial charge in [0.2, 0.25) is 0 Å². The van der Waals surface area contributed by atoms with Crippen molar-refractivity contribution in [1.29, 1.82) is 0 Å². The minimum absolute atomic E-state index is 0.227. The van der Waals surface area contributed by atoms with Crippen LogP contribution in [0.15, 0.2) is 54.6 Å². The Morgan fingerprint density at radius 1 is 1.08 bits per heavy atom. The van der Waals surface area contributed by atoms with Crippen LogP contribution in [0, 0.1) is 0 Å². The lowest BCUT2D eigenvalue weighted by molar-refractivity contribution is 0.0543. The van der Waals surface area contributed by atoms with E-state index < -0.39 is 12.1 Å². The predicted octanol–water partition coefficient (Wildman–Crippen LogP) is 3.04. The molecular weight excluding hydrogens is 318 g/mol. The number of rotatable bonds is 9. The summed E-state index contributed by atoms with van der Waals surface area (Å²) < 4.78 is 5.60. The first-order valence-corrected chi connectivity index (χ1v) is 8.38. The molecule has 0 heterocycles. The van der Waals surface area contributed by atoms with Crippen LogP contribution in [0.2, 0.25) is 0 Å². The lowest BCUT2D eigenvalue weighted by Gasteiger charge is -2.28. The molecular formula is C20H25NO4. The lowest BCUT2D eigenvalue weighted by Crippen LogP contribution is -2.39. The van der Waals surface area contributed by atoms with Gasteiger partial charge in [-0.1, -0.05) is 30.3 Å². The maximum Gasteiger partial charge on any atom is 0.335 e. The number of nitrogens with zero attached hydrogens (tertiary/aromatic N) is 1. The number of aromatic carboxylic acids is 1. The molecule has 1 atom stereocenters. The first-order chi connectivity index (χ1) is 12.0.